The number of likely N-dealkylation sites (tertiary alicyclic amines) is 2. The van der Waals surface area contributed by atoms with Gasteiger partial charge in [0.1, 0.15) is 5.76 Å². The summed E-state index contributed by atoms with van der Waals surface area (Å²) in [4.78, 5) is 28.7. The number of carbonyl (C=O) groups is 2. The van der Waals surface area contributed by atoms with Crippen LogP contribution in [0.4, 0.5) is 0 Å². The molecule has 0 N–H and O–H groups in total. The summed E-state index contributed by atoms with van der Waals surface area (Å²) >= 11 is 0. The van der Waals surface area contributed by atoms with Gasteiger partial charge < -0.3 is 14.2 Å². The summed E-state index contributed by atoms with van der Waals surface area (Å²) in [6.45, 7) is 2.76. The van der Waals surface area contributed by atoms with Gasteiger partial charge in [-0.15, -0.1) is 0 Å². The minimum absolute atomic E-state index is 0.0455. The molecule has 4 rings (SSSR count). The van der Waals surface area contributed by atoms with Crippen molar-refractivity contribution in [3.8, 4) is 17.4 Å². The molecule has 2 aromatic rings. The third-order valence-electron chi connectivity index (χ3n) is 5.52. The van der Waals surface area contributed by atoms with E-state index in [0.29, 0.717) is 30.2 Å². The van der Waals surface area contributed by atoms with Gasteiger partial charge >= 0.3 is 0 Å². The fourth-order valence-electron chi connectivity index (χ4n) is 3.91. The van der Waals surface area contributed by atoms with Crippen molar-refractivity contribution in [1.82, 2.24) is 9.80 Å². The number of furan rings is 1. The zero-order valence-corrected chi connectivity index (χ0v) is 15.8. The van der Waals surface area contributed by atoms with Crippen LogP contribution in [0.3, 0.4) is 0 Å². The number of nitriles is 1. The highest BCUT2D eigenvalue weighted by Crippen LogP contribution is 2.25. The highest BCUT2D eigenvalue weighted by molar-refractivity contribution is 5.95. The topological polar surface area (TPSA) is 77.5 Å². The van der Waals surface area contributed by atoms with Gasteiger partial charge in [0.25, 0.3) is 11.8 Å². The molecule has 0 radical (unpaired) electrons. The fraction of sp³-hybridized carbons (Fsp3) is 0.409. The van der Waals surface area contributed by atoms with E-state index in [2.05, 4.69) is 6.07 Å². The van der Waals surface area contributed by atoms with Crippen molar-refractivity contribution < 1.29 is 14.0 Å². The molecule has 1 aromatic heterocycles. The highest BCUT2D eigenvalue weighted by atomic mass is 16.4. The first kappa shape index (κ1) is 18.3. The molecule has 1 aromatic carbocycles. The SMILES string of the molecule is N#CC1CCCN(C(=O)c2ccc(-c3ccc(C(=O)N4CCCC4)o3)cc2)C1. The predicted octanol–water partition coefficient (Wildman–Crippen LogP) is 3.56. The third kappa shape index (κ3) is 3.65. The second-order valence-electron chi connectivity index (χ2n) is 7.46. The minimum atomic E-state index is -0.0772. The number of hydrogen-bond donors (Lipinski definition) is 0. The Morgan fingerprint density at radius 3 is 2.36 bits per heavy atom. The van der Waals surface area contributed by atoms with Gasteiger partial charge in [-0.3, -0.25) is 9.59 Å². The molecule has 2 fully saturated rings. The van der Waals surface area contributed by atoms with Crippen molar-refractivity contribution in [2.75, 3.05) is 26.2 Å². The van der Waals surface area contributed by atoms with Crippen molar-refractivity contribution in [3.63, 3.8) is 0 Å². The lowest BCUT2D eigenvalue weighted by Gasteiger charge is -2.29. The lowest BCUT2D eigenvalue weighted by atomic mass is 9.99. The average Bonchev–Trinajstić information content (AvgIpc) is 3.45. The Kier molecular flexibility index (Phi) is 5.16. The van der Waals surface area contributed by atoms with Crippen molar-refractivity contribution in [1.29, 1.82) is 5.26 Å². The Balaban J connectivity index is 1.45. The lowest BCUT2D eigenvalue weighted by Crippen LogP contribution is -2.39. The summed E-state index contributed by atoms with van der Waals surface area (Å²) in [7, 11) is 0. The Morgan fingerprint density at radius 2 is 1.64 bits per heavy atom. The summed E-state index contributed by atoms with van der Waals surface area (Å²) < 4.78 is 5.77. The van der Waals surface area contributed by atoms with E-state index in [1.54, 1.807) is 29.2 Å². The molecule has 2 saturated heterocycles. The van der Waals surface area contributed by atoms with E-state index in [0.717, 1.165) is 44.3 Å². The van der Waals surface area contributed by atoms with Crippen LogP contribution < -0.4 is 0 Å². The first-order chi connectivity index (χ1) is 13.7. The normalized spacial score (nSPS) is 19.5. The summed E-state index contributed by atoms with van der Waals surface area (Å²) in [5.41, 5.74) is 1.42. The molecule has 2 aliphatic heterocycles. The van der Waals surface area contributed by atoms with E-state index in [-0.39, 0.29) is 17.7 Å². The van der Waals surface area contributed by atoms with E-state index >= 15 is 0 Å². The molecule has 2 amide bonds. The van der Waals surface area contributed by atoms with Gasteiger partial charge in [-0.05, 0) is 49.9 Å². The van der Waals surface area contributed by atoms with Gasteiger partial charge in [0.05, 0.1) is 12.0 Å². The zero-order valence-electron chi connectivity index (χ0n) is 15.8. The van der Waals surface area contributed by atoms with Crippen LogP contribution in [-0.2, 0) is 0 Å². The molecule has 1 atom stereocenters. The zero-order chi connectivity index (χ0) is 19.5. The Labute approximate surface area is 164 Å². The Bertz CT molecular complexity index is 904. The number of hydrogen-bond acceptors (Lipinski definition) is 4. The first-order valence-electron chi connectivity index (χ1n) is 9.84. The average molecular weight is 377 g/mol. The van der Waals surface area contributed by atoms with E-state index in [1.165, 1.54) is 0 Å². The number of rotatable bonds is 3. The van der Waals surface area contributed by atoms with Crippen LogP contribution in [0.25, 0.3) is 11.3 Å². The van der Waals surface area contributed by atoms with E-state index in [9.17, 15) is 9.59 Å². The number of piperidine rings is 1. The van der Waals surface area contributed by atoms with Crippen LogP contribution in [0.5, 0.6) is 0 Å². The minimum Gasteiger partial charge on any atom is -0.451 e. The molecule has 144 valence electrons. The van der Waals surface area contributed by atoms with Crippen molar-refractivity contribution in [3.05, 3.63) is 47.7 Å². The summed E-state index contributed by atoms with van der Waals surface area (Å²) in [6, 6.07) is 13.0. The van der Waals surface area contributed by atoms with Crippen molar-refractivity contribution in [2.45, 2.75) is 25.7 Å². The lowest BCUT2D eigenvalue weighted by molar-refractivity contribution is 0.0698. The van der Waals surface area contributed by atoms with Crippen molar-refractivity contribution >= 4 is 11.8 Å². The largest absolute Gasteiger partial charge is 0.451 e. The standard InChI is InChI=1S/C22H23N3O3/c23-14-16-4-3-13-25(15-16)21(26)18-7-5-17(6-8-18)19-9-10-20(28-19)22(27)24-11-1-2-12-24/h5-10,16H,1-4,11-13,15H2. The summed E-state index contributed by atoms with van der Waals surface area (Å²) in [5.74, 6) is 0.784. The molecule has 1 unspecified atom stereocenters. The number of amides is 2. The molecule has 0 aliphatic carbocycles. The van der Waals surface area contributed by atoms with Crippen molar-refractivity contribution in [2.24, 2.45) is 5.92 Å². The molecule has 2 aliphatic rings. The second-order valence-corrected chi connectivity index (χ2v) is 7.46. The van der Waals surface area contributed by atoms with Gasteiger partial charge in [-0.25, -0.2) is 0 Å². The molecule has 0 bridgehead atoms. The molecular formula is C22H23N3O3. The van der Waals surface area contributed by atoms with Gasteiger partial charge in [0.15, 0.2) is 5.76 Å². The number of carbonyl (C=O) groups excluding carboxylic acids is 2. The third-order valence-corrected chi connectivity index (χ3v) is 5.52. The number of benzene rings is 1. The first-order valence-corrected chi connectivity index (χ1v) is 9.84. The maximum Gasteiger partial charge on any atom is 0.289 e. The molecule has 6 nitrogen and oxygen atoms in total. The summed E-state index contributed by atoms with van der Waals surface area (Å²) in [6.07, 6.45) is 3.81. The summed E-state index contributed by atoms with van der Waals surface area (Å²) in [5, 5.41) is 9.11. The van der Waals surface area contributed by atoms with Crippen LogP contribution in [0.1, 0.15) is 46.6 Å². The van der Waals surface area contributed by atoms with Gasteiger partial charge in [0.2, 0.25) is 0 Å². The van der Waals surface area contributed by atoms with Crippen LogP contribution in [0.15, 0.2) is 40.8 Å². The number of nitrogens with zero attached hydrogens (tertiary/aromatic N) is 3. The monoisotopic (exact) mass is 377 g/mol. The van der Waals surface area contributed by atoms with Crippen LogP contribution in [0, 0.1) is 17.2 Å². The van der Waals surface area contributed by atoms with Crippen LogP contribution >= 0.6 is 0 Å². The smallest absolute Gasteiger partial charge is 0.289 e. The molecule has 0 saturated carbocycles. The van der Waals surface area contributed by atoms with E-state index in [1.807, 2.05) is 17.0 Å². The highest BCUT2D eigenvalue weighted by Gasteiger charge is 2.25. The molecular weight excluding hydrogens is 354 g/mol. The second kappa shape index (κ2) is 7.89. The maximum atomic E-state index is 12.7. The molecule has 6 heteroatoms. The fourth-order valence-corrected chi connectivity index (χ4v) is 3.91. The quantitative estimate of drug-likeness (QED) is 0.819. The Morgan fingerprint density at radius 1 is 0.929 bits per heavy atom. The maximum absolute atomic E-state index is 12.7. The van der Waals surface area contributed by atoms with Crippen LogP contribution in [0.2, 0.25) is 0 Å². The van der Waals surface area contributed by atoms with Crippen LogP contribution in [-0.4, -0.2) is 47.8 Å². The van der Waals surface area contributed by atoms with Gasteiger partial charge in [-0.2, -0.15) is 5.26 Å². The van der Waals surface area contributed by atoms with Gasteiger partial charge in [0, 0.05) is 37.3 Å². The molecule has 28 heavy (non-hydrogen) atoms. The predicted molar refractivity (Wildman–Crippen MR) is 104 cm³/mol. The molecule has 0 spiro atoms. The Hall–Kier alpha value is -3.07. The van der Waals surface area contributed by atoms with Gasteiger partial charge in [-0.1, -0.05) is 12.1 Å². The molecule has 3 heterocycles. The van der Waals surface area contributed by atoms with E-state index < -0.39 is 0 Å². The van der Waals surface area contributed by atoms with E-state index in [4.69, 9.17) is 9.68 Å².